The van der Waals surface area contributed by atoms with Crippen molar-refractivity contribution < 1.29 is 0 Å². The van der Waals surface area contributed by atoms with E-state index in [1.165, 1.54) is 32.4 Å². The van der Waals surface area contributed by atoms with Crippen LogP contribution in [0.5, 0.6) is 0 Å². The monoisotopic (exact) mass is 139 g/mol. The molecular weight excluding hydrogens is 122 g/mol. The lowest BCUT2D eigenvalue weighted by Gasteiger charge is -2.20. The van der Waals surface area contributed by atoms with Gasteiger partial charge >= 0.3 is 0 Å². The Kier molecular flexibility index (Phi) is 3.52. The maximum absolute atomic E-state index is 3.37. The van der Waals surface area contributed by atoms with E-state index < -0.39 is 0 Å². The molecule has 0 saturated carbocycles. The second-order valence-electron chi connectivity index (χ2n) is 3.00. The standard InChI is InChI=1S/C9H17N/c1-2-3-4-9-5-7-10-8-6-9/h2-3,9-10H,4-8H2,1H3/b3-2+. The molecule has 0 spiro atoms. The Morgan fingerprint density at radius 1 is 1.40 bits per heavy atom. The quantitative estimate of drug-likeness (QED) is 0.577. The fraction of sp³-hybridized carbons (Fsp3) is 0.778. The van der Waals surface area contributed by atoms with Crippen molar-refractivity contribution in [2.75, 3.05) is 13.1 Å². The molecule has 0 aliphatic carbocycles. The molecule has 0 radical (unpaired) electrons. The summed E-state index contributed by atoms with van der Waals surface area (Å²) in [5.41, 5.74) is 0. The molecule has 1 rings (SSSR count). The van der Waals surface area contributed by atoms with E-state index in [0.717, 1.165) is 5.92 Å². The molecule has 0 aromatic carbocycles. The Hall–Kier alpha value is -0.300. The predicted octanol–water partition coefficient (Wildman–Crippen LogP) is 1.95. The second kappa shape index (κ2) is 4.51. The summed E-state index contributed by atoms with van der Waals surface area (Å²) in [5, 5.41) is 3.37. The average molecular weight is 139 g/mol. The zero-order chi connectivity index (χ0) is 7.23. The third kappa shape index (κ3) is 2.53. The van der Waals surface area contributed by atoms with Crippen LogP contribution in [-0.2, 0) is 0 Å². The minimum Gasteiger partial charge on any atom is -0.317 e. The lowest BCUT2D eigenvalue weighted by atomic mass is 9.95. The fourth-order valence-corrected chi connectivity index (χ4v) is 1.45. The second-order valence-corrected chi connectivity index (χ2v) is 3.00. The smallest absolute Gasteiger partial charge is 0.00462 e. The lowest BCUT2D eigenvalue weighted by Crippen LogP contribution is -2.27. The van der Waals surface area contributed by atoms with Crippen molar-refractivity contribution in [1.82, 2.24) is 5.32 Å². The van der Waals surface area contributed by atoms with Gasteiger partial charge in [0.1, 0.15) is 0 Å². The fourth-order valence-electron chi connectivity index (χ4n) is 1.45. The van der Waals surface area contributed by atoms with Gasteiger partial charge in [0.15, 0.2) is 0 Å². The molecule has 0 amide bonds. The van der Waals surface area contributed by atoms with Crippen LogP contribution in [0.2, 0.25) is 0 Å². The highest BCUT2D eigenvalue weighted by Gasteiger charge is 2.09. The Bertz CT molecular complexity index is 101. The van der Waals surface area contributed by atoms with E-state index in [2.05, 4.69) is 24.4 Å². The molecule has 1 heterocycles. The zero-order valence-electron chi connectivity index (χ0n) is 6.77. The summed E-state index contributed by atoms with van der Waals surface area (Å²) in [5.74, 6) is 0.956. The zero-order valence-corrected chi connectivity index (χ0v) is 6.77. The predicted molar refractivity (Wildman–Crippen MR) is 45.0 cm³/mol. The molecule has 1 aliphatic rings. The molecule has 1 N–H and O–H groups in total. The van der Waals surface area contributed by atoms with Crippen LogP contribution < -0.4 is 5.32 Å². The molecule has 1 aliphatic heterocycles. The number of nitrogens with one attached hydrogen (secondary N) is 1. The molecule has 0 aromatic rings. The molecule has 0 aromatic heterocycles. The van der Waals surface area contributed by atoms with E-state index in [1.807, 2.05) is 0 Å². The topological polar surface area (TPSA) is 12.0 Å². The van der Waals surface area contributed by atoms with Crippen LogP contribution >= 0.6 is 0 Å². The minimum absolute atomic E-state index is 0.956. The van der Waals surface area contributed by atoms with Crippen LogP contribution in [0.1, 0.15) is 26.2 Å². The Morgan fingerprint density at radius 2 is 2.10 bits per heavy atom. The van der Waals surface area contributed by atoms with Crippen LogP contribution in [0, 0.1) is 5.92 Å². The number of piperidine rings is 1. The first kappa shape index (κ1) is 7.80. The summed E-state index contributed by atoms with van der Waals surface area (Å²) in [6.45, 7) is 4.55. The normalized spacial score (nSPS) is 22.1. The highest BCUT2D eigenvalue weighted by atomic mass is 14.9. The first-order valence-electron chi connectivity index (χ1n) is 4.25. The van der Waals surface area contributed by atoms with E-state index in [1.54, 1.807) is 0 Å². The molecule has 0 atom stereocenters. The van der Waals surface area contributed by atoms with E-state index in [9.17, 15) is 0 Å². The third-order valence-corrected chi connectivity index (χ3v) is 2.16. The minimum atomic E-state index is 0.956. The van der Waals surface area contributed by atoms with E-state index in [0.29, 0.717) is 0 Å². The molecule has 58 valence electrons. The van der Waals surface area contributed by atoms with Crippen molar-refractivity contribution >= 4 is 0 Å². The highest BCUT2D eigenvalue weighted by molar-refractivity contribution is 4.82. The summed E-state index contributed by atoms with van der Waals surface area (Å²) < 4.78 is 0. The van der Waals surface area contributed by atoms with Gasteiger partial charge in [-0.2, -0.15) is 0 Å². The van der Waals surface area contributed by atoms with Gasteiger partial charge in [-0.05, 0) is 45.2 Å². The molecule has 1 heteroatoms. The van der Waals surface area contributed by atoms with Crippen molar-refractivity contribution in [3.63, 3.8) is 0 Å². The summed E-state index contributed by atoms with van der Waals surface area (Å²) in [6, 6.07) is 0. The number of hydrogen-bond acceptors (Lipinski definition) is 1. The Morgan fingerprint density at radius 3 is 2.70 bits per heavy atom. The van der Waals surface area contributed by atoms with Gasteiger partial charge in [0.2, 0.25) is 0 Å². The molecule has 10 heavy (non-hydrogen) atoms. The SMILES string of the molecule is C/C=C/CC1CCNCC1. The molecule has 1 saturated heterocycles. The molecule has 0 unspecified atom stereocenters. The van der Waals surface area contributed by atoms with Gasteiger partial charge in [0.25, 0.3) is 0 Å². The molecule has 1 fully saturated rings. The van der Waals surface area contributed by atoms with E-state index in [-0.39, 0.29) is 0 Å². The van der Waals surface area contributed by atoms with Crippen molar-refractivity contribution in [2.24, 2.45) is 5.92 Å². The van der Waals surface area contributed by atoms with Crippen LogP contribution in [0.15, 0.2) is 12.2 Å². The molecule has 1 nitrogen and oxygen atoms in total. The number of allylic oxidation sites excluding steroid dienone is 2. The van der Waals surface area contributed by atoms with Crippen molar-refractivity contribution in [3.05, 3.63) is 12.2 Å². The van der Waals surface area contributed by atoms with Crippen molar-refractivity contribution in [3.8, 4) is 0 Å². The van der Waals surface area contributed by atoms with Crippen LogP contribution in [0.25, 0.3) is 0 Å². The van der Waals surface area contributed by atoms with Crippen LogP contribution in [-0.4, -0.2) is 13.1 Å². The molecule has 0 bridgehead atoms. The third-order valence-electron chi connectivity index (χ3n) is 2.16. The number of rotatable bonds is 2. The van der Waals surface area contributed by atoms with Gasteiger partial charge in [-0.25, -0.2) is 0 Å². The van der Waals surface area contributed by atoms with Gasteiger partial charge in [-0.15, -0.1) is 0 Å². The maximum atomic E-state index is 3.37. The Labute approximate surface area is 63.5 Å². The summed E-state index contributed by atoms with van der Waals surface area (Å²) >= 11 is 0. The average Bonchev–Trinajstić information content (AvgIpc) is 2.03. The van der Waals surface area contributed by atoms with Gasteiger partial charge < -0.3 is 5.32 Å². The van der Waals surface area contributed by atoms with Gasteiger partial charge in [0.05, 0.1) is 0 Å². The summed E-state index contributed by atoms with van der Waals surface area (Å²) in [7, 11) is 0. The lowest BCUT2D eigenvalue weighted by molar-refractivity contribution is 0.377. The molecular formula is C9H17N. The first-order chi connectivity index (χ1) is 4.93. The number of hydrogen-bond donors (Lipinski definition) is 1. The van der Waals surface area contributed by atoms with E-state index in [4.69, 9.17) is 0 Å². The van der Waals surface area contributed by atoms with Gasteiger partial charge in [0, 0.05) is 0 Å². The van der Waals surface area contributed by atoms with E-state index >= 15 is 0 Å². The Balaban J connectivity index is 2.13. The summed E-state index contributed by atoms with van der Waals surface area (Å²) in [4.78, 5) is 0. The van der Waals surface area contributed by atoms with Gasteiger partial charge in [-0.1, -0.05) is 12.2 Å². The summed E-state index contributed by atoms with van der Waals surface area (Å²) in [6.07, 6.45) is 8.46. The maximum Gasteiger partial charge on any atom is -0.00462 e. The van der Waals surface area contributed by atoms with Crippen molar-refractivity contribution in [1.29, 1.82) is 0 Å². The first-order valence-corrected chi connectivity index (χ1v) is 4.25. The van der Waals surface area contributed by atoms with Gasteiger partial charge in [-0.3, -0.25) is 0 Å². The largest absolute Gasteiger partial charge is 0.317 e. The highest BCUT2D eigenvalue weighted by Crippen LogP contribution is 2.15. The van der Waals surface area contributed by atoms with Crippen LogP contribution in [0.4, 0.5) is 0 Å². The van der Waals surface area contributed by atoms with Crippen molar-refractivity contribution in [2.45, 2.75) is 26.2 Å². The van der Waals surface area contributed by atoms with Crippen LogP contribution in [0.3, 0.4) is 0 Å².